The number of amides is 1. The van der Waals surface area contributed by atoms with Gasteiger partial charge in [-0.2, -0.15) is 0 Å². The van der Waals surface area contributed by atoms with Gasteiger partial charge >= 0.3 is 0 Å². The number of fused-ring (bicyclic) bond motifs is 1. The molecule has 0 saturated heterocycles. The van der Waals surface area contributed by atoms with Crippen molar-refractivity contribution in [3.8, 4) is 0 Å². The van der Waals surface area contributed by atoms with Gasteiger partial charge in [0.1, 0.15) is 0 Å². The zero-order valence-corrected chi connectivity index (χ0v) is 12.8. The largest absolute Gasteiger partial charge is 0.384 e. The lowest BCUT2D eigenvalue weighted by Crippen LogP contribution is -2.43. The predicted octanol–water partition coefficient (Wildman–Crippen LogP) is 1.85. The minimum atomic E-state index is 0.142. The van der Waals surface area contributed by atoms with E-state index < -0.39 is 0 Å². The second-order valence-corrected chi connectivity index (χ2v) is 6.04. The number of carbonyl (C=O) groups is 1. The Morgan fingerprint density at radius 1 is 1.48 bits per heavy atom. The van der Waals surface area contributed by atoms with Crippen molar-refractivity contribution >= 4 is 5.91 Å². The summed E-state index contributed by atoms with van der Waals surface area (Å²) in [6.45, 7) is 2.00. The minimum absolute atomic E-state index is 0.142. The first-order chi connectivity index (χ1) is 10.2. The molecule has 0 radical (unpaired) electrons. The molecule has 2 heterocycles. The Morgan fingerprint density at radius 2 is 2.33 bits per heavy atom. The number of hydrogen-bond acceptors (Lipinski definition) is 3. The Balaban J connectivity index is 1.79. The average Bonchev–Trinajstić information content (AvgIpc) is 2.89. The summed E-state index contributed by atoms with van der Waals surface area (Å²) in [4.78, 5) is 19.2. The molecule has 5 heteroatoms. The van der Waals surface area contributed by atoms with E-state index in [4.69, 9.17) is 4.74 Å². The lowest BCUT2D eigenvalue weighted by atomic mass is 9.91. The number of carbonyl (C=O) groups excluding carboxylic acids is 1. The molecule has 0 bridgehead atoms. The van der Waals surface area contributed by atoms with E-state index in [1.807, 2.05) is 18.3 Å². The fourth-order valence-electron chi connectivity index (χ4n) is 3.51. The van der Waals surface area contributed by atoms with Gasteiger partial charge in [-0.05, 0) is 19.3 Å². The average molecular weight is 289 g/mol. The van der Waals surface area contributed by atoms with E-state index in [2.05, 4.69) is 21.7 Å². The third-order valence-electron chi connectivity index (χ3n) is 4.53. The van der Waals surface area contributed by atoms with E-state index in [1.54, 1.807) is 7.11 Å². The normalized spacial score (nSPS) is 25.0. The molecule has 0 N–H and O–H groups in total. The maximum absolute atomic E-state index is 12.7. The molecule has 5 nitrogen and oxygen atoms in total. The molecule has 1 aromatic rings. The molecule has 2 unspecified atom stereocenters. The number of allylic oxidation sites excluding steroid dienone is 2. The van der Waals surface area contributed by atoms with Crippen LogP contribution >= 0.6 is 0 Å². The van der Waals surface area contributed by atoms with Crippen LogP contribution in [0.15, 0.2) is 18.5 Å². The number of hydrogen-bond donors (Lipinski definition) is 0. The molecule has 114 valence electrons. The lowest BCUT2D eigenvalue weighted by molar-refractivity contribution is -0.137. The van der Waals surface area contributed by atoms with Gasteiger partial charge in [-0.15, -0.1) is 0 Å². The Bertz CT molecular complexity index is 550. The number of methoxy groups -OCH3 is 1. The first-order valence-electron chi connectivity index (χ1n) is 7.63. The Labute approximate surface area is 125 Å². The van der Waals surface area contributed by atoms with Gasteiger partial charge in [-0.1, -0.05) is 12.2 Å². The first kappa shape index (κ1) is 14.3. The van der Waals surface area contributed by atoms with E-state index in [-0.39, 0.29) is 17.7 Å². The summed E-state index contributed by atoms with van der Waals surface area (Å²) in [6.07, 6.45) is 9.00. The molecule has 21 heavy (non-hydrogen) atoms. The molecule has 0 saturated carbocycles. The molecule has 2 atom stereocenters. The van der Waals surface area contributed by atoms with Crippen LogP contribution in [0.1, 0.15) is 36.6 Å². The van der Waals surface area contributed by atoms with Crippen molar-refractivity contribution in [2.24, 2.45) is 13.0 Å². The van der Waals surface area contributed by atoms with E-state index >= 15 is 0 Å². The van der Waals surface area contributed by atoms with Crippen LogP contribution in [0.3, 0.4) is 0 Å². The van der Waals surface area contributed by atoms with E-state index in [9.17, 15) is 4.79 Å². The molecule has 1 amide bonds. The van der Waals surface area contributed by atoms with Gasteiger partial charge in [0.25, 0.3) is 0 Å². The third kappa shape index (κ3) is 2.75. The second kappa shape index (κ2) is 6.02. The Kier molecular flexibility index (Phi) is 4.10. The van der Waals surface area contributed by atoms with Gasteiger partial charge in [-0.3, -0.25) is 4.79 Å². The van der Waals surface area contributed by atoms with Crippen molar-refractivity contribution < 1.29 is 9.53 Å². The summed E-state index contributed by atoms with van der Waals surface area (Å²) in [5.74, 6) is 0.634. The van der Waals surface area contributed by atoms with Crippen LogP contribution in [0.4, 0.5) is 0 Å². The highest BCUT2D eigenvalue weighted by atomic mass is 16.5. The molecule has 1 aliphatic carbocycles. The van der Waals surface area contributed by atoms with E-state index in [0.717, 1.165) is 31.5 Å². The maximum atomic E-state index is 12.7. The van der Waals surface area contributed by atoms with Crippen LogP contribution in [0.5, 0.6) is 0 Å². The predicted molar refractivity (Wildman–Crippen MR) is 79.7 cm³/mol. The van der Waals surface area contributed by atoms with Crippen molar-refractivity contribution in [1.29, 1.82) is 0 Å². The van der Waals surface area contributed by atoms with Gasteiger partial charge in [0.15, 0.2) is 0 Å². The summed E-state index contributed by atoms with van der Waals surface area (Å²) in [7, 11) is 3.72. The lowest BCUT2D eigenvalue weighted by Gasteiger charge is -2.35. The number of aryl methyl sites for hydroxylation is 1. The summed E-state index contributed by atoms with van der Waals surface area (Å²) >= 11 is 0. The van der Waals surface area contributed by atoms with Crippen molar-refractivity contribution in [1.82, 2.24) is 14.5 Å². The number of aromatic nitrogens is 2. The summed E-state index contributed by atoms with van der Waals surface area (Å²) in [5.41, 5.74) is 2.23. The van der Waals surface area contributed by atoms with Crippen LogP contribution in [0.25, 0.3) is 0 Å². The molecule has 1 aliphatic heterocycles. The number of imidazole rings is 1. The third-order valence-corrected chi connectivity index (χ3v) is 4.53. The molecule has 0 fully saturated rings. The molecule has 2 aliphatic rings. The summed E-state index contributed by atoms with van der Waals surface area (Å²) in [6, 6.07) is 0. The number of nitrogens with zero attached hydrogens (tertiary/aromatic N) is 3. The van der Waals surface area contributed by atoms with Crippen molar-refractivity contribution in [2.75, 3.05) is 20.3 Å². The van der Waals surface area contributed by atoms with Crippen molar-refractivity contribution in [3.63, 3.8) is 0 Å². The topological polar surface area (TPSA) is 47.4 Å². The van der Waals surface area contributed by atoms with Gasteiger partial charge in [0, 0.05) is 38.2 Å². The zero-order valence-electron chi connectivity index (χ0n) is 12.8. The van der Waals surface area contributed by atoms with E-state index in [1.165, 1.54) is 5.69 Å². The van der Waals surface area contributed by atoms with Crippen LogP contribution in [-0.2, 0) is 23.1 Å². The number of rotatable bonds is 3. The van der Waals surface area contributed by atoms with Gasteiger partial charge in [0.05, 0.1) is 25.2 Å². The maximum Gasteiger partial charge on any atom is 0.226 e. The van der Waals surface area contributed by atoms with Gasteiger partial charge < -0.3 is 14.2 Å². The van der Waals surface area contributed by atoms with Gasteiger partial charge in [-0.25, -0.2) is 4.98 Å². The standard InChI is InChI=1S/C16H23N3O2/c1-18-11-17-14-9-19(8-13(10-21-2)15(14)18)16(20)12-6-4-3-5-7-12/h3-4,11-13H,5-10H2,1-2H3. The highest BCUT2D eigenvalue weighted by molar-refractivity contribution is 5.79. The highest BCUT2D eigenvalue weighted by Gasteiger charge is 2.33. The summed E-state index contributed by atoms with van der Waals surface area (Å²) in [5, 5.41) is 0. The van der Waals surface area contributed by atoms with Crippen LogP contribution in [-0.4, -0.2) is 40.6 Å². The quantitative estimate of drug-likeness (QED) is 0.798. The second-order valence-electron chi connectivity index (χ2n) is 6.04. The zero-order chi connectivity index (χ0) is 14.8. The van der Waals surface area contributed by atoms with E-state index in [0.29, 0.717) is 13.2 Å². The fourth-order valence-corrected chi connectivity index (χ4v) is 3.51. The van der Waals surface area contributed by atoms with Crippen LogP contribution < -0.4 is 0 Å². The van der Waals surface area contributed by atoms with Crippen molar-refractivity contribution in [2.45, 2.75) is 31.7 Å². The Hall–Kier alpha value is -1.62. The molecule has 1 aromatic heterocycles. The molecule has 0 spiro atoms. The van der Waals surface area contributed by atoms with Crippen LogP contribution in [0, 0.1) is 5.92 Å². The van der Waals surface area contributed by atoms with Crippen LogP contribution in [0.2, 0.25) is 0 Å². The summed E-state index contributed by atoms with van der Waals surface area (Å²) < 4.78 is 7.41. The Morgan fingerprint density at radius 3 is 3.05 bits per heavy atom. The smallest absolute Gasteiger partial charge is 0.226 e. The monoisotopic (exact) mass is 289 g/mol. The fraction of sp³-hybridized carbons (Fsp3) is 0.625. The number of ether oxygens (including phenoxy) is 1. The SMILES string of the molecule is COCC1CN(C(=O)C2CC=CCC2)Cc2ncn(C)c21. The molecule has 3 rings (SSSR count). The molecule has 0 aromatic carbocycles. The first-order valence-corrected chi connectivity index (χ1v) is 7.63. The van der Waals surface area contributed by atoms with Crippen molar-refractivity contribution in [3.05, 3.63) is 29.9 Å². The molecular weight excluding hydrogens is 266 g/mol. The van der Waals surface area contributed by atoms with Gasteiger partial charge in [0.2, 0.25) is 5.91 Å². The minimum Gasteiger partial charge on any atom is -0.384 e. The highest BCUT2D eigenvalue weighted by Crippen LogP contribution is 2.30. The molecular formula is C16H23N3O2.